The number of hydrogen-bond donors (Lipinski definition) is 1. The van der Waals surface area contributed by atoms with Crippen molar-refractivity contribution in [3.8, 4) is 0 Å². The van der Waals surface area contributed by atoms with Crippen molar-refractivity contribution in [1.82, 2.24) is 14.8 Å². The number of anilines is 1. The van der Waals surface area contributed by atoms with Crippen LogP contribution in [0.25, 0.3) is 0 Å². The van der Waals surface area contributed by atoms with Gasteiger partial charge in [-0.3, -0.25) is 4.79 Å². The van der Waals surface area contributed by atoms with E-state index in [2.05, 4.69) is 15.5 Å². The van der Waals surface area contributed by atoms with E-state index in [4.69, 9.17) is 0 Å². The lowest BCUT2D eigenvalue weighted by molar-refractivity contribution is -0.115. The van der Waals surface area contributed by atoms with E-state index >= 15 is 0 Å². The number of carbonyl (C=O) groups excluding carboxylic acids is 1. The Morgan fingerprint density at radius 1 is 1.30 bits per heavy atom. The number of carbonyl (C=O) groups is 1. The lowest BCUT2D eigenvalue weighted by Gasteiger charge is -2.12. The summed E-state index contributed by atoms with van der Waals surface area (Å²) in [5.74, 6) is -2.64. The fraction of sp³-hybridized carbons (Fsp3) is 0.357. The van der Waals surface area contributed by atoms with Crippen LogP contribution >= 0.6 is 23.5 Å². The Bertz CT molecular complexity index is 648. The maximum atomic E-state index is 12.3. The van der Waals surface area contributed by atoms with E-state index in [-0.39, 0.29) is 11.2 Å². The van der Waals surface area contributed by atoms with E-state index in [1.54, 1.807) is 37.5 Å². The number of aryl methyl sites for hydroxylation is 1. The molecule has 1 N–H and O–H groups in total. The fourth-order valence-corrected chi connectivity index (χ4v) is 3.11. The van der Waals surface area contributed by atoms with Gasteiger partial charge in [0, 0.05) is 17.1 Å². The van der Waals surface area contributed by atoms with Gasteiger partial charge in [-0.2, -0.15) is 8.78 Å². The molecular formula is C14H16F2N4OS2. The number of thioether (sulfide) groups is 2. The second-order valence-electron chi connectivity index (χ2n) is 4.55. The van der Waals surface area contributed by atoms with Crippen molar-refractivity contribution < 1.29 is 13.6 Å². The molecule has 0 aliphatic heterocycles. The van der Waals surface area contributed by atoms with Gasteiger partial charge < -0.3 is 9.88 Å². The lowest BCUT2D eigenvalue weighted by Crippen LogP contribution is -2.22. The van der Waals surface area contributed by atoms with Gasteiger partial charge in [0.25, 0.3) is 5.76 Å². The first kappa shape index (κ1) is 17.7. The van der Waals surface area contributed by atoms with E-state index in [1.807, 2.05) is 11.5 Å². The quantitative estimate of drug-likeness (QED) is 0.764. The van der Waals surface area contributed by atoms with Crippen LogP contribution in [0.3, 0.4) is 0 Å². The first-order valence-corrected chi connectivity index (χ1v) is 8.65. The Kier molecular flexibility index (Phi) is 6.40. The summed E-state index contributed by atoms with van der Waals surface area (Å²) in [7, 11) is 0. The minimum Gasteiger partial charge on any atom is -0.325 e. The molecule has 124 valence electrons. The van der Waals surface area contributed by atoms with Crippen molar-refractivity contribution in [3.05, 3.63) is 30.6 Å². The number of hydrogen-bond acceptors (Lipinski definition) is 5. The van der Waals surface area contributed by atoms with E-state index in [0.29, 0.717) is 27.5 Å². The zero-order valence-corrected chi connectivity index (χ0v) is 14.2. The van der Waals surface area contributed by atoms with Crippen molar-refractivity contribution in [3.63, 3.8) is 0 Å². The molecular weight excluding hydrogens is 342 g/mol. The molecule has 1 heterocycles. The number of nitrogens with one attached hydrogen (secondary N) is 1. The van der Waals surface area contributed by atoms with E-state index in [9.17, 15) is 13.6 Å². The smallest absolute Gasteiger partial charge is 0.288 e. The normalized spacial score (nSPS) is 12.4. The van der Waals surface area contributed by atoms with Crippen LogP contribution in [0.2, 0.25) is 0 Å². The van der Waals surface area contributed by atoms with Crippen molar-refractivity contribution in [2.24, 2.45) is 0 Å². The van der Waals surface area contributed by atoms with Crippen LogP contribution in [0.4, 0.5) is 14.5 Å². The summed E-state index contributed by atoms with van der Waals surface area (Å²) in [6.45, 7) is 4.47. The second kappa shape index (κ2) is 8.30. The second-order valence-corrected chi connectivity index (χ2v) is 6.92. The summed E-state index contributed by atoms with van der Waals surface area (Å²) in [5, 5.41) is 10.9. The highest BCUT2D eigenvalue weighted by atomic mass is 32.2. The van der Waals surface area contributed by atoms with Gasteiger partial charge in [-0.15, -0.1) is 10.2 Å². The van der Waals surface area contributed by atoms with Crippen LogP contribution in [0.15, 0.2) is 40.6 Å². The zero-order chi connectivity index (χ0) is 16.8. The summed E-state index contributed by atoms with van der Waals surface area (Å²) in [6.07, 6.45) is 1.62. The largest absolute Gasteiger partial charge is 0.325 e. The molecule has 1 aromatic carbocycles. The molecule has 0 saturated carbocycles. The molecule has 0 aliphatic carbocycles. The molecule has 5 nitrogen and oxygen atoms in total. The van der Waals surface area contributed by atoms with Crippen LogP contribution in [-0.2, 0) is 11.3 Å². The molecule has 1 aromatic heterocycles. The summed E-state index contributed by atoms with van der Waals surface area (Å²) >= 11 is 1.79. The molecule has 9 heteroatoms. The highest BCUT2D eigenvalue weighted by Crippen LogP contribution is 2.27. The van der Waals surface area contributed by atoms with Crippen LogP contribution in [0, 0.1) is 0 Å². The molecule has 0 bridgehead atoms. The van der Waals surface area contributed by atoms with Crippen molar-refractivity contribution in [2.75, 3.05) is 5.32 Å². The first-order valence-electron chi connectivity index (χ1n) is 6.89. The maximum Gasteiger partial charge on any atom is 0.288 e. The molecule has 1 atom stereocenters. The first-order chi connectivity index (χ1) is 11.0. The summed E-state index contributed by atoms with van der Waals surface area (Å²) in [6, 6.07) is 6.32. The summed E-state index contributed by atoms with van der Waals surface area (Å²) in [5.41, 5.74) is 0.568. The molecule has 0 spiro atoms. The molecule has 1 amide bonds. The topological polar surface area (TPSA) is 59.8 Å². The van der Waals surface area contributed by atoms with Gasteiger partial charge in [0.15, 0.2) is 5.16 Å². The van der Waals surface area contributed by atoms with Crippen molar-refractivity contribution in [1.29, 1.82) is 0 Å². The predicted molar refractivity (Wildman–Crippen MR) is 87.9 cm³/mol. The molecule has 0 radical (unpaired) electrons. The van der Waals surface area contributed by atoms with Gasteiger partial charge in [-0.1, -0.05) is 23.5 Å². The predicted octanol–water partition coefficient (Wildman–Crippen LogP) is 3.73. The fourth-order valence-electron chi connectivity index (χ4n) is 1.73. The third kappa shape index (κ3) is 5.21. The zero-order valence-electron chi connectivity index (χ0n) is 12.6. The minimum absolute atomic E-state index is 0.185. The Labute approximate surface area is 141 Å². The maximum absolute atomic E-state index is 12.3. The molecule has 0 unspecified atom stereocenters. The average Bonchev–Trinajstić information content (AvgIpc) is 2.95. The Morgan fingerprint density at radius 3 is 2.61 bits per heavy atom. The van der Waals surface area contributed by atoms with Gasteiger partial charge >= 0.3 is 0 Å². The van der Waals surface area contributed by atoms with Gasteiger partial charge in [0.05, 0.1) is 5.25 Å². The highest BCUT2D eigenvalue weighted by molar-refractivity contribution is 8.00. The highest BCUT2D eigenvalue weighted by Gasteiger charge is 2.17. The molecule has 2 rings (SSSR count). The lowest BCUT2D eigenvalue weighted by atomic mass is 10.3. The molecule has 0 fully saturated rings. The number of benzene rings is 1. The monoisotopic (exact) mass is 358 g/mol. The van der Waals surface area contributed by atoms with Gasteiger partial charge in [-0.05, 0) is 38.1 Å². The van der Waals surface area contributed by atoms with Crippen LogP contribution < -0.4 is 5.32 Å². The van der Waals surface area contributed by atoms with E-state index < -0.39 is 5.76 Å². The third-order valence-electron chi connectivity index (χ3n) is 2.92. The van der Waals surface area contributed by atoms with Crippen LogP contribution in [0.1, 0.15) is 13.8 Å². The van der Waals surface area contributed by atoms with E-state index in [1.165, 1.54) is 11.8 Å². The Balaban J connectivity index is 1.93. The van der Waals surface area contributed by atoms with Crippen molar-refractivity contribution in [2.45, 2.75) is 41.5 Å². The molecule has 2 aromatic rings. The SMILES string of the molecule is CCn1cnnc1S[C@H](C)C(=O)Nc1ccc(SC(F)F)cc1. The number of amides is 1. The van der Waals surface area contributed by atoms with Crippen molar-refractivity contribution >= 4 is 35.1 Å². The number of halogens is 2. The van der Waals surface area contributed by atoms with Crippen LogP contribution in [0.5, 0.6) is 0 Å². The Morgan fingerprint density at radius 2 is 2.00 bits per heavy atom. The summed E-state index contributed by atoms with van der Waals surface area (Å²) in [4.78, 5) is 12.6. The molecule has 23 heavy (non-hydrogen) atoms. The Hall–Kier alpha value is -1.61. The number of nitrogens with zero attached hydrogens (tertiary/aromatic N) is 3. The van der Waals surface area contributed by atoms with Gasteiger partial charge in [0.2, 0.25) is 5.91 Å². The van der Waals surface area contributed by atoms with Gasteiger partial charge in [-0.25, -0.2) is 0 Å². The van der Waals surface area contributed by atoms with Crippen LogP contribution in [-0.4, -0.2) is 31.7 Å². The molecule has 0 saturated heterocycles. The third-order valence-corrected chi connectivity index (χ3v) is 4.74. The molecule has 0 aliphatic rings. The standard InChI is InChI=1S/C14H16F2N4OS2/c1-3-20-8-17-19-14(20)22-9(2)12(21)18-10-4-6-11(7-5-10)23-13(15)16/h4-9,13H,3H2,1-2H3,(H,18,21)/t9-/m1/s1. The number of alkyl halides is 2. The number of rotatable bonds is 7. The van der Waals surface area contributed by atoms with Gasteiger partial charge in [0.1, 0.15) is 6.33 Å². The average molecular weight is 358 g/mol. The van der Waals surface area contributed by atoms with E-state index in [0.717, 1.165) is 6.54 Å². The minimum atomic E-state index is -2.46. The summed E-state index contributed by atoms with van der Waals surface area (Å²) < 4.78 is 26.4. The number of aromatic nitrogens is 3.